The fraction of sp³-hybridized carbons (Fsp3) is 0.222. The fourth-order valence-corrected chi connectivity index (χ4v) is 2.15. The number of anilines is 1. The van der Waals surface area contributed by atoms with E-state index < -0.39 is 0 Å². The number of halogens is 1. The first-order valence-electron chi connectivity index (χ1n) is 7.30. The van der Waals surface area contributed by atoms with Crippen LogP contribution in [0.4, 0.5) is 5.69 Å². The maximum Gasteiger partial charge on any atom is 0.262 e. The number of Topliss-reactive ketones (excluding diaryl/α,β-unsaturated/α-hetero) is 1. The predicted molar refractivity (Wildman–Crippen MR) is 91.0 cm³/mol. The summed E-state index contributed by atoms with van der Waals surface area (Å²) in [6.45, 7) is 1.48. The van der Waals surface area contributed by atoms with Crippen LogP contribution in [0.15, 0.2) is 48.5 Å². The number of ketones is 1. The van der Waals surface area contributed by atoms with E-state index >= 15 is 0 Å². The van der Waals surface area contributed by atoms with Crippen LogP contribution in [0, 0.1) is 0 Å². The number of benzene rings is 2. The lowest BCUT2D eigenvalue weighted by atomic mass is 10.1. The maximum absolute atomic E-state index is 11.9. The van der Waals surface area contributed by atoms with Gasteiger partial charge in [0, 0.05) is 6.42 Å². The van der Waals surface area contributed by atoms with Crippen molar-refractivity contribution in [3.63, 3.8) is 0 Å². The van der Waals surface area contributed by atoms with Gasteiger partial charge < -0.3 is 14.8 Å². The molecule has 0 saturated carbocycles. The number of para-hydroxylation sites is 1. The average molecular weight is 332 g/mol. The van der Waals surface area contributed by atoms with Crippen LogP contribution >= 0.6 is 11.6 Å². The molecule has 0 spiro atoms. The van der Waals surface area contributed by atoms with Gasteiger partial charge in [-0.05, 0) is 43.2 Å². The molecule has 23 heavy (non-hydrogen) atoms. The van der Waals surface area contributed by atoms with E-state index in [1.54, 1.807) is 43.3 Å². The molecule has 0 aliphatic rings. The van der Waals surface area contributed by atoms with Gasteiger partial charge in [0.1, 0.15) is 11.5 Å². The average Bonchev–Trinajstić information content (AvgIpc) is 2.54. The maximum atomic E-state index is 11.9. The van der Waals surface area contributed by atoms with E-state index in [0.29, 0.717) is 29.3 Å². The second kappa shape index (κ2) is 8.34. The lowest BCUT2D eigenvalue weighted by Gasteiger charge is -2.09. The van der Waals surface area contributed by atoms with Crippen molar-refractivity contribution in [2.75, 3.05) is 11.9 Å². The molecule has 0 aliphatic carbocycles. The van der Waals surface area contributed by atoms with Gasteiger partial charge in [-0.3, -0.25) is 4.79 Å². The van der Waals surface area contributed by atoms with Gasteiger partial charge in [0.05, 0.1) is 10.7 Å². The number of rotatable bonds is 7. The molecule has 0 heterocycles. The fourth-order valence-electron chi connectivity index (χ4n) is 1.97. The van der Waals surface area contributed by atoms with Crippen molar-refractivity contribution >= 4 is 29.0 Å². The number of amides is 1. The highest BCUT2D eigenvalue weighted by Gasteiger charge is 2.06. The molecule has 0 fully saturated rings. The van der Waals surface area contributed by atoms with Crippen LogP contribution in [0.3, 0.4) is 0 Å². The number of ether oxygens (including phenoxy) is 1. The largest absolute Gasteiger partial charge is 0.484 e. The molecule has 0 bridgehead atoms. The molecule has 1 N–H and O–H groups in total. The highest BCUT2D eigenvalue weighted by atomic mass is 35.5. The Labute approximate surface area is 140 Å². The van der Waals surface area contributed by atoms with Gasteiger partial charge in [-0.25, -0.2) is 0 Å². The Hall–Kier alpha value is -2.33. The standard InChI is InChI=1S/C18H18ClNO3/c1-13(21)6-7-14-8-10-15(11-9-14)23-12-18(22)20-17-5-3-2-4-16(17)19/h2-5,8-11H,6-7,12H2,1H3,(H,20,22). The van der Waals surface area contributed by atoms with Crippen molar-refractivity contribution in [2.45, 2.75) is 19.8 Å². The Bertz CT molecular complexity index is 683. The molecule has 2 aromatic carbocycles. The van der Waals surface area contributed by atoms with Gasteiger partial charge in [0.2, 0.25) is 0 Å². The van der Waals surface area contributed by atoms with Crippen molar-refractivity contribution in [3.05, 3.63) is 59.1 Å². The SMILES string of the molecule is CC(=O)CCc1ccc(OCC(=O)Nc2ccccc2Cl)cc1. The minimum Gasteiger partial charge on any atom is -0.484 e. The molecule has 0 radical (unpaired) electrons. The van der Waals surface area contributed by atoms with Crippen LogP contribution in [0.5, 0.6) is 5.75 Å². The number of nitrogens with one attached hydrogen (secondary N) is 1. The van der Waals surface area contributed by atoms with Gasteiger partial charge in [-0.15, -0.1) is 0 Å². The molecule has 4 nitrogen and oxygen atoms in total. The van der Waals surface area contributed by atoms with Gasteiger partial charge in [-0.1, -0.05) is 35.9 Å². The number of hydrogen-bond donors (Lipinski definition) is 1. The molecule has 2 aromatic rings. The summed E-state index contributed by atoms with van der Waals surface area (Å²) in [5.41, 5.74) is 1.62. The number of carbonyl (C=O) groups excluding carboxylic acids is 2. The molecule has 120 valence electrons. The quantitative estimate of drug-likeness (QED) is 0.837. The lowest BCUT2D eigenvalue weighted by Crippen LogP contribution is -2.20. The van der Waals surface area contributed by atoms with Gasteiger partial charge in [-0.2, -0.15) is 0 Å². The lowest BCUT2D eigenvalue weighted by molar-refractivity contribution is -0.118. The topological polar surface area (TPSA) is 55.4 Å². The Balaban J connectivity index is 1.82. The molecular formula is C18H18ClNO3. The molecular weight excluding hydrogens is 314 g/mol. The third-order valence-electron chi connectivity index (χ3n) is 3.21. The van der Waals surface area contributed by atoms with Crippen LogP contribution in [0.25, 0.3) is 0 Å². The van der Waals surface area contributed by atoms with Crippen LogP contribution in [0.1, 0.15) is 18.9 Å². The molecule has 5 heteroatoms. The van der Waals surface area contributed by atoms with E-state index in [0.717, 1.165) is 5.56 Å². The summed E-state index contributed by atoms with van der Waals surface area (Å²) < 4.78 is 5.44. The number of hydrogen-bond acceptors (Lipinski definition) is 3. The predicted octanol–water partition coefficient (Wildman–Crippen LogP) is 3.88. The van der Waals surface area contributed by atoms with Crippen molar-refractivity contribution in [1.82, 2.24) is 0 Å². The Kier molecular flexibility index (Phi) is 6.18. The second-order valence-corrected chi connectivity index (χ2v) is 5.57. The molecule has 0 aliphatic heterocycles. The normalized spacial score (nSPS) is 10.2. The van der Waals surface area contributed by atoms with E-state index in [1.807, 2.05) is 12.1 Å². The zero-order chi connectivity index (χ0) is 16.7. The van der Waals surface area contributed by atoms with E-state index in [1.165, 1.54) is 0 Å². The summed E-state index contributed by atoms with van der Waals surface area (Å²) >= 11 is 5.98. The molecule has 2 rings (SSSR count). The van der Waals surface area contributed by atoms with Crippen molar-refractivity contribution in [1.29, 1.82) is 0 Å². The third-order valence-corrected chi connectivity index (χ3v) is 3.54. The van der Waals surface area contributed by atoms with Crippen LogP contribution in [-0.4, -0.2) is 18.3 Å². The van der Waals surface area contributed by atoms with Crippen LogP contribution in [-0.2, 0) is 16.0 Å². The summed E-state index contributed by atoms with van der Waals surface area (Å²) in [5, 5.41) is 3.17. The van der Waals surface area contributed by atoms with Gasteiger partial charge in [0.25, 0.3) is 5.91 Å². The zero-order valence-electron chi connectivity index (χ0n) is 12.8. The van der Waals surface area contributed by atoms with Crippen LogP contribution in [0.2, 0.25) is 5.02 Å². The minimum atomic E-state index is -0.279. The smallest absolute Gasteiger partial charge is 0.262 e. The molecule has 1 amide bonds. The summed E-state index contributed by atoms with van der Waals surface area (Å²) in [5.74, 6) is 0.492. The Morgan fingerprint density at radius 2 is 1.78 bits per heavy atom. The highest BCUT2D eigenvalue weighted by Crippen LogP contribution is 2.20. The number of carbonyl (C=O) groups is 2. The first kappa shape index (κ1) is 17.0. The van der Waals surface area contributed by atoms with Crippen molar-refractivity contribution in [2.24, 2.45) is 0 Å². The second-order valence-electron chi connectivity index (χ2n) is 5.16. The van der Waals surface area contributed by atoms with Crippen molar-refractivity contribution < 1.29 is 14.3 Å². The Morgan fingerprint density at radius 3 is 2.43 bits per heavy atom. The highest BCUT2D eigenvalue weighted by molar-refractivity contribution is 6.33. The summed E-state index contributed by atoms with van der Waals surface area (Å²) in [6, 6.07) is 14.4. The van der Waals surface area contributed by atoms with E-state index in [2.05, 4.69) is 5.32 Å². The monoisotopic (exact) mass is 331 g/mol. The van der Waals surface area contributed by atoms with E-state index in [-0.39, 0.29) is 18.3 Å². The molecule has 0 atom stereocenters. The number of aryl methyl sites for hydroxylation is 1. The molecule has 0 saturated heterocycles. The van der Waals surface area contributed by atoms with Crippen LogP contribution < -0.4 is 10.1 Å². The minimum absolute atomic E-state index is 0.0992. The third kappa shape index (κ3) is 5.75. The summed E-state index contributed by atoms with van der Waals surface area (Å²) in [6.07, 6.45) is 1.24. The first-order valence-corrected chi connectivity index (χ1v) is 7.68. The van der Waals surface area contributed by atoms with E-state index in [4.69, 9.17) is 16.3 Å². The molecule has 0 unspecified atom stereocenters. The summed E-state index contributed by atoms with van der Waals surface area (Å²) in [7, 11) is 0. The van der Waals surface area contributed by atoms with Gasteiger partial charge in [0.15, 0.2) is 6.61 Å². The first-order chi connectivity index (χ1) is 11.0. The Morgan fingerprint density at radius 1 is 1.09 bits per heavy atom. The zero-order valence-corrected chi connectivity index (χ0v) is 13.6. The molecule has 0 aromatic heterocycles. The van der Waals surface area contributed by atoms with E-state index in [9.17, 15) is 9.59 Å². The van der Waals surface area contributed by atoms with Crippen molar-refractivity contribution in [3.8, 4) is 5.75 Å². The van der Waals surface area contributed by atoms with Gasteiger partial charge >= 0.3 is 0 Å². The summed E-state index contributed by atoms with van der Waals surface area (Å²) in [4.78, 5) is 22.8.